The van der Waals surface area contributed by atoms with Crippen molar-refractivity contribution in [2.45, 2.75) is 12.0 Å². The fourth-order valence-electron chi connectivity index (χ4n) is 5.38. The zero-order valence-corrected chi connectivity index (χ0v) is 20.7. The molecule has 190 valence electrons. The van der Waals surface area contributed by atoms with E-state index in [1.165, 1.54) is 0 Å². The topological polar surface area (TPSA) is 88.5 Å². The third kappa shape index (κ3) is 4.16. The lowest BCUT2D eigenvalue weighted by molar-refractivity contribution is -0.139. The molecule has 1 amide bonds. The molecule has 37 heavy (non-hydrogen) atoms. The maximum Gasteiger partial charge on any atom is 0.313 e. The summed E-state index contributed by atoms with van der Waals surface area (Å²) in [5, 5.41) is 10.9. The number of carbonyl (C=O) groups is 2. The van der Waals surface area contributed by atoms with E-state index in [2.05, 4.69) is 4.90 Å². The summed E-state index contributed by atoms with van der Waals surface area (Å²) in [5.74, 6) is -1.20. The summed E-state index contributed by atoms with van der Waals surface area (Å²) in [6.07, 6.45) is 0. The van der Waals surface area contributed by atoms with Crippen molar-refractivity contribution >= 4 is 34.9 Å². The van der Waals surface area contributed by atoms with Crippen molar-refractivity contribution in [1.29, 1.82) is 0 Å². The van der Waals surface area contributed by atoms with Crippen molar-refractivity contribution in [3.63, 3.8) is 0 Å². The van der Waals surface area contributed by atoms with Crippen LogP contribution in [-0.2, 0) is 9.53 Å². The van der Waals surface area contributed by atoms with Gasteiger partial charge >= 0.3 is 5.97 Å². The summed E-state index contributed by atoms with van der Waals surface area (Å²) >= 11 is 6.74. The summed E-state index contributed by atoms with van der Waals surface area (Å²) in [4.78, 5) is 30.4. The van der Waals surface area contributed by atoms with E-state index in [1.807, 2.05) is 12.1 Å². The maximum atomic E-state index is 14.0. The molecule has 3 aliphatic heterocycles. The molecule has 8 nitrogen and oxygen atoms in total. The number of rotatable bonds is 4. The van der Waals surface area contributed by atoms with Crippen LogP contribution in [0.25, 0.3) is 0 Å². The van der Waals surface area contributed by atoms with Crippen LogP contribution in [0, 0.1) is 0 Å². The zero-order valence-electron chi connectivity index (χ0n) is 19.9. The quantitative estimate of drug-likeness (QED) is 0.541. The molecule has 0 spiro atoms. The molecule has 0 aliphatic carbocycles. The van der Waals surface area contributed by atoms with Gasteiger partial charge in [0, 0.05) is 24.3 Å². The number of anilines is 2. The highest BCUT2D eigenvalue weighted by Crippen LogP contribution is 2.47. The normalized spacial score (nSPS) is 20.9. The minimum absolute atomic E-state index is 0.289. The van der Waals surface area contributed by atoms with E-state index in [0.29, 0.717) is 65.3 Å². The van der Waals surface area contributed by atoms with E-state index in [-0.39, 0.29) is 5.91 Å². The first kappa shape index (κ1) is 23.6. The number of carboxylic acids is 1. The van der Waals surface area contributed by atoms with E-state index in [9.17, 15) is 14.7 Å². The van der Waals surface area contributed by atoms with Gasteiger partial charge in [0.05, 0.1) is 30.0 Å². The SMILES string of the molecule is O=C(O)[C@H]1c2ccccc2C(=O)N(c2ccc(N3CCOCC3)c(Cl)c2)[C@@H]1c1ccc2c(c1)OCCO2. The van der Waals surface area contributed by atoms with Crippen LogP contribution in [0.15, 0.2) is 60.7 Å². The summed E-state index contributed by atoms with van der Waals surface area (Å²) in [7, 11) is 0. The number of carboxylic acid groups (broad SMARTS) is 1. The van der Waals surface area contributed by atoms with Crippen molar-refractivity contribution in [2.75, 3.05) is 49.3 Å². The predicted molar refractivity (Wildman–Crippen MR) is 138 cm³/mol. The van der Waals surface area contributed by atoms with Crippen LogP contribution in [-0.4, -0.2) is 56.5 Å². The van der Waals surface area contributed by atoms with Gasteiger partial charge < -0.3 is 24.2 Å². The van der Waals surface area contributed by atoms with Gasteiger partial charge in [0.2, 0.25) is 0 Å². The van der Waals surface area contributed by atoms with E-state index < -0.39 is 17.9 Å². The van der Waals surface area contributed by atoms with Gasteiger partial charge in [-0.3, -0.25) is 14.5 Å². The summed E-state index contributed by atoms with van der Waals surface area (Å²) in [6, 6.07) is 16.8. The number of morpholine rings is 1. The van der Waals surface area contributed by atoms with Crippen LogP contribution in [0.2, 0.25) is 5.02 Å². The van der Waals surface area contributed by atoms with E-state index >= 15 is 0 Å². The van der Waals surface area contributed by atoms with E-state index in [4.69, 9.17) is 25.8 Å². The molecule has 1 N–H and O–H groups in total. The number of halogens is 1. The molecule has 0 saturated carbocycles. The smallest absolute Gasteiger partial charge is 0.313 e. The van der Waals surface area contributed by atoms with Crippen molar-refractivity contribution < 1.29 is 28.9 Å². The second-order valence-electron chi connectivity index (χ2n) is 9.16. The number of benzene rings is 3. The molecular weight excluding hydrogens is 496 g/mol. The molecule has 2 atom stereocenters. The highest BCUT2D eigenvalue weighted by atomic mass is 35.5. The highest BCUT2D eigenvalue weighted by Gasteiger charge is 2.45. The average molecular weight is 521 g/mol. The number of carbonyl (C=O) groups excluding carboxylic acids is 1. The van der Waals surface area contributed by atoms with Crippen molar-refractivity contribution in [3.8, 4) is 11.5 Å². The molecule has 3 heterocycles. The largest absolute Gasteiger partial charge is 0.486 e. The van der Waals surface area contributed by atoms with Crippen LogP contribution in [0.3, 0.4) is 0 Å². The lowest BCUT2D eigenvalue weighted by Gasteiger charge is -2.41. The number of fused-ring (bicyclic) bond motifs is 2. The van der Waals surface area contributed by atoms with Gasteiger partial charge in [0.25, 0.3) is 5.91 Å². The molecule has 1 saturated heterocycles. The Balaban J connectivity index is 1.50. The second kappa shape index (κ2) is 9.61. The van der Waals surface area contributed by atoms with Crippen molar-refractivity contribution in [2.24, 2.45) is 0 Å². The monoisotopic (exact) mass is 520 g/mol. The zero-order chi connectivity index (χ0) is 25.5. The Morgan fingerprint density at radius 1 is 0.919 bits per heavy atom. The van der Waals surface area contributed by atoms with Crippen LogP contribution in [0.5, 0.6) is 11.5 Å². The van der Waals surface area contributed by atoms with Gasteiger partial charge in [0.15, 0.2) is 11.5 Å². The molecular formula is C28H25ClN2O6. The maximum absolute atomic E-state index is 14.0. The molecule has 0 unspecified atom stereocenters. The molecule has 1 fully saturated rings. The fraction of sp³-hybridized carbons (Fsp3) is 0.286. The van der Waals surface area contributed by atoms with Crippen LogP contribution in [0.1, 0.15) is 33.4 Å². The Morgan fingerprint density at radius 2 is 1.68 bits per heavy atom. The Bertz CT molecular complexity index is 1370. The summed E-state index contributed by atoms with van der Waals surface area (Å²) in [6.45, 7) is 3.51. The Labute approximate surface area is 218 Å². The third-order valence-electron chi connectivity index (χ3n) is 7.07. The Kier molecular flexibility index (Phi) is 6.14. The van der Waals surface area contributed by atoms with Gasteiger partial charge in [-0.2, -0.15) is 0 Å². The third-order valence-corrected chi connectivity index (χ3v) is 7.38. The lowest BCUT2D eigenvalue weighted by Crippen LogP contribution is -2.45. The molecule has 6 rings (SSSR count). The van der Waals surface area contributed by atoms with Crippen LogP contribution in [0.4, 0.5) is 11.4 Å². The molecule has 9 heteroatoms. The Hall–Kier alpha value is -3.75. The van der Waals surface area contributed by atoms with Gasteiger partial charge in [-0.25, -0.2) is 0 Å². The number of hydrogen-bond donors (Lipinski definition) is 1. The molecule has 0 radical (unpaired) electrons. The first-order valence-corrected chi connectivity index (χ1v) is 12.6. The number of nitrogens with zero attached hydrogens (tertiary/aromatic N) is 2. The first-order chi connectivity index (χ1) is 18.0. The minimum Gasteiger partial charge on any atom is -0.486 e. The second-order valence-corrected chi connectivity index (χ2v) is 9.57. The standard InChI is InChI=1S/C28H25ClN2O6/c29-21-16-18(6-7-22(21)30-9-11-35-12-10-30)31-26(17-5-8-23-24(15-17)37-14-13-36-23)25(28(33)34)19-3-1-2-4-20(19)27(31)32/h1-8,15-16,25-26H,9-14H2,(H,33,34)/t25-,26+/m0/s1. The number of amides is 1. The number of ether oxygens (including phenoxy) is 3. The van der Waals surface area contributed by atoms with Crippen molar-refractivity contribution in [1.82, 2.24) is 0 Å². The summed E-state index contributed by atoms with van der Waals surface area (Å²) < 4.78 is 16.9. The van der Waals surface area contributed by atoms with Crippen LogP contribution >= 0.6 is 11.6 Å². The minimum atomic E-state index is -1.03. The Morgan fingerprint density at radius 3 is 2.43 bits per heavy atom. The highest BCUT2D eigenvalue weighted by molar-refractivity contribution is 6.33. The van der Waals surface area contributed by atoms with Crippen molar-refractivity contribution in [3.05, 3.63) is 82.4 Å². The van der Waals surface area contributed by atoms with E-state index in [0.717, 1.165) is 18.8 Å². The van der Waals surface area contributed by atoms with Gasteiger partial charge in [-0.05, 0) is 47.5 Å². The molecule has 3 aromatic rings. The van der Waals surface area contributed by atoms with Crippen LogP contribution < -0.4 is 19.3 Å². The van der Waals surface area contributed by atoms with Gasteiger partial charge in [-0.15, -0.1) is 0 Å². The lowest BCUT2D eigenvalue weighted by atomic mass is 9.79. The predicted octanol–water partition coefficient (Wildman–Crippen LogP) is 4.52. The van der Waals surface area contributed by atoms with Gasteiger partial charge in [0.1, 0.15) is 19.1 Å². The first-order valence-electron chi connectivity index (χ1n) is 12.2. The van der Waals surface area contributed by atoms with Gasteiger partial charge in [-0.1, -0.05) is 35.9 Å². The average Bonchev–Trinajstić information content (AvgIpc) is 2.93. The molecule has 0 bridgehead atoms. The molecule has 0 aromatic heterocycles. The fourth-order valence-corrected chi connectivity index (χ4v) is 5.67. The number of hydrogen-bond acceptors (Lipinski definition) is 6. The summed E-state index contributed by atoms with van der Waals surface area (Å²) in [5.41, 5.74) is 2.84. The molecule has 3 aliphatic rings. The number of aliphatic carboxylic acids is 1. The molecule has 3 aromatic carbocycles. The van der Waals surface area contributed by atoms with E-state index in [1.54, 1.807) is 53.4 Å².